The molecule has 1 heterocycles. The zero-order valence-electron chi connectivity index (χ0n) is 4.25. The lowest BCUT2D eigenvalue weighted by Gasteiger charge is -2.11. The Morgan fingerprint density at radius 2 is 2.25 bits per heavy atom. The molecule has 0 unspecified atom stereocenters. The minimum absolute atomic E-state index is 0.188. The predicted octanol–water partition coefficient (Wildman–Crippen LogP) is -1.11. The first kappa shape index (κ1) is 6.00. The van der Waals surface area contributed by atoms with Crippen molar-refractivity contribution in [1.29, 1.82) is 0 Å². The minimum Gasteiger partial charge on any atom is -0.363 e. The quantitative estimate of drug-likeness (QED) is 0.460. The smallest absolute Gasteiger partial charge is 0.235 e. The molecule has 1 N–H and O–H groups in total. The molecule has 1 rings (SSSR count). The number of ether oxygens (including phenoxy) is 1. The Morgan fingerprint density at radius 3 is 2.50 bits per heavy atom. The molecule has 0 amide bonds. The average molecular weight is 137 g/mol. The minimum atomic E-state index is -3.05. The van der Waals surface area contributed by atoms with Crippen molar-refractivity contribution in [1.82, 2.24) is 4.72 Å². The van der Waals surface area contributed by atoms with Gasteiger partial charge in [-0.1, -0.05) is 0 Å². The van der Waals surface area contributed by atoms with Crippen molar-refractivity contribution in [2.24, 2.45) is 0 Å². The van der Waals surface area contributed by atoms with E-state index in [1.54, 1.807) is 0 Å². The molecule has 0 bridgehead atoms. The van der Waals surface area contributed by atoms with Crippen LogP contribution in [0.25, 0.3) is 0 Å². The first-order chi connectivity index (χ1) is 3.71. The summed E-state index contributed by atoms with van der Waals surface area (Å²) in [4.78, 5) is 0. The van der Waals surface area contributed by atoms with E-state index in [9.17, 15) is 8.42 Å². The van der Waals surface area contributed by atoms with Crippen molar-refractivity contribution < 1.29 is 13.2 Å². The molecule has 1 saturated heterocycles. The Labute approximate surface area is 47.9 Å². The molecule has 1 fully saturated rings. The molecule has 0 radical (unpaired) electrons. The molecule has 0 aromatic rings. The second-order valence-electron chi connectivity index (χ2n) is 1.54. The van der Waals surface area contributed by atoms with Crippen LogP contribution in [-0.2, 0) is 14.8 Å². The van der Waals surface area contributed by atoms with Gasteiger partial charge in [0.15, 0.2) is 5.94 Å². The van der Waals surface area contributed by atoms with Gasteiger partial charge in [-0.05, 0) is 0 Å². The van der Waals surface area contributed by atoms with Crippen LogP contribution in [0.1, 0.15) is 0 Å². The van der Waals surface area contributed by atoms with Gasteiger partial charge in [0.05, 0.1) is 6.61 Å². The number of rotatable bonds is 0. The van der Waals surface area contributed by atoms with Crippen LogP contribution < -0.4 is 4.72 Å². The van der Waals surface area contributed by atoms with Gasteiger partial charge in [0.2, 0.25) is 10.0 Å². The largest absolute Gasteiger partial charge is 0.363 e. The Morgan fingerprint density at radius 1 is 1.50 bits per heavy atom. The maximum atomic E-state index is 10.4. The van der Waals surface area contributed by atoms with Crippen molar-refractivity contribution in [3.05, 3.63) is 0 Å². The van der Waals surface area contributed by atoms with Gasteiger partial charge >= 0.3 is 0 Å². The molecule has 0 atom stereocenters. The molecular formula is C3H7NO3S. The first-order valence-corrected chi connectivity index (χ1v) is 3.91. The molecule has 1 aliphatic heterocycles. The summed E-state index contributed by atoms with van der Waals surface area (Å²) in [6.07, 6.45) is 0. The van der Waals surface area contributed by atoms with Crippen LogP contribution in [0, 0.1) is 0 Å². The van der Waals surface area contributed by atoms with Crippen LogP contribution in [0.3, 0.4) is 0 Å². The van der Waals surface area contributed by atoms with Gasteiger partial charge in [-0.15, -0.1) is 0 Å². The van der Waals surface area contributed by atoms with Crippen LogP contribution in [0.5, 0.6) is 0 Å². The average Bonchev–Trinajstić information content (AvgIpc) is 1.65. The van der Waals surface area contributed by atoms with Gasteiger partial charge in [-0.2, -0.15) is 0 Å². The Kier molecular flexibility index (Phi) is 1.50. The first-order valence-electron chi connectivity index (χ1n) is 2.26. The maximum Gasteiger partial charge on any atom is 0.235 e. The summed E-state index contributed by atoms with van der Waals surface area (Å²) in [7, 11) is -3.05. The van der Waals surface area contributed by atoms with Gasteiger partial charge in [0, 0.05) is 6.54 Å². The Bertz CT molecular complexity index is 149. The fraction of sp³-hybridized carbons (Fsp3) is 1.00. The molecule has 48 valence electrons. The van der Waals surface area contributed by atoms with Gasteiger partial charge in [0.25, 0.3) is 0 Å². The summed E-state index contributed by atoms with van der Waals surface area (Å²) < 4.78 is 27.8. The molecule has 8 heavy (non-hydrogen) atoms. The molecule has 5 heteroatoms. The van der Waals surface area contributed by atoms with E-state index in [0.717, 1.165) is 0 Å². The van der Waals surface area contributed by atoms with Gasteiger partial charge in [0.1, 0.15) is 0 Å². The summed E-state index contributed by atoms with van der Waals surface area (Å²) in [6.45, 7) is 0.890. The highest BCUT2D eigenvalue weighted by molar-refractivity contribution is 7.89. The lowest BCUT2D eigenvalue weighted by Crippen LogP contribution is -2.36. The van der Waals surface area contributed by atoms with Gasteiger partial charge in [-0.25, -0.2) is 13.1 Å². The molecule has 0 aliphatic carbocycles. The van der Waals surface area contributed by atoms with E-state index in [1.807, 2.05) is 0 Å². The van der Waals surface area contributed by atoms with E-state index in [-0.39, 0.29) is 5.94 Å². The van der Waals surface area contributed by atoms with E-state index in [4.69, 9.17) is 0 Å². The third-order valence-electron chi connectivity index (χ3n) is 0.807. The standard InChI is InChI=1S/C3H7NO3S/c5-8(6)3-7-2-1-4-8/h4H,1-3H2. The zero-order valence-corrected chi connectivity index (χ0v) is 5.07. The molecule has 0 aromatic carbocycles. The Balaban J connectivity index is 2.58. The molecule has 0 spiro atoms. The second-order valence-corrected chi connectivity index (χ2v) is 3.29. The topological polar surface area (TPSA) is 55.4 Å². The summed E-state index contributed by atoms with van der Waals surface area (Å²) in [6, 6.07) is 0. The van der Waals surface area contributed by atoms with Crippen molar-refractivity contribution >= 4 is 10.0 Å². The second kappa shape index (κ2) is 2.00. The molecule has 0 aromatic heterocycles. The maximum absolute atomic E-state index is 10.4. The molecular weight excluding hydrogens is 130 g/mol. The van der Waals surface area contributed by atoms with E-state index in [0.29, 0.717) is 13.2 Å². The zero-order chi connectivity index (χ0) is 6.04. The number of nitrogens with one attached hydrogen (secondary N) is 1. The van der Waals surface area contributed by atoms with Gasteiger partial charge < -0.3 is 4.74 Å². The van der Waals surface area contributed by atoms with Crippen LogP contribution in [0.4, 0.5) is 0 Å². The van der Waals surface area contributed by atoms with E-state index < -0.39 is 10.0 Å². The number of hydrogen-bond donors (Lipinski definition) is 1. The van der Waals surface area contributed by atoms with Crippen molar-refractivity contribution in [3.8, 4) is 0 Å². The van der Waals surface area contributed by atoms with Crippen LogP contribution >= 0.6 is 0 Å². The van der Waals surface area contributed by atoms with E-state index >= 15 is 0 Å². The molecule has 1 aliphatic rings. The van der Waals surface area contributed by atoms with E-state index in [2.05, 4.69) is 9.46 Å². The summed E-state index contributed by atoms with van der Waals surface area (Å²) >= 11 is 0. The molecule has 0 saturated carbocycles. The van der Waals surface area contributed by atoms with Crippen LogP contribution in [0.2, 0.25) is 0 Å². The Hall–Kier alpha value is -0.130. The van der Waals surface area contributed by atoms with Gasteiger partial charge in [-0.3, -0.25) is 0 Å². The van der Waals surface area contributed by atoms with Crippen molar-refractivity contribution in [2.45, 2.75) is 0 Å². The number of sulfonamides is 1. The van der Waals surface area contributed by atoms with E-state index in [1.165, 1.54) is 0 Å². The van der Waals surface area contributed by atoms with Crippen LogP contribution in [-0.4, -0.2) is 27.5 Å². The van der Waals surface area contributed by atoms with Crippen LogP contribution in [0.15, 0.2) is 0 Å². The lowest BCUT2D eigenvalue weighted by molar-refractivity contribution is 0.168. The highest BCUT2D eigenvalue weighted by Gasteiger charge is 2.13. The fourth-order valence-corrected chi connectivity index (χ4v) is 1.29. The normalized spacial score (nSPS) is 27.5. The molecule has 4 nitrogen and oxygen atoms in total. The lowest BCUT2D eigenvalue weighted by atomic mass is 10.7. The third kappa shape index (κ3) is 1.43. The van der Waals surface area contributed by atoms with Crippen molar-refractivity contribution in [3.63, 3.8) is 0 Å². The third-order valence-corrected chi connectivity index (χ3v) is 1.93. The number of hydrogen-bond acceptors (Lipinski definition) is 3. The predicted molar refractivity (Wildman–Crippen MR) is 27.7 cm³/mol. The monoisotopic (exact) mass is 137 g/mol. The van der Waals surface area contributed by atoms with Crippen molar-refractivity contribution in [2.75, 3.05) is 19.1 Å². The summed E-state index contributed by atoms with van der Waals surface area (Å²) in [5, 5.41) is 0. The summed E-state index contributed by atoms with van der Waals surface area (Å²) in [5.74, 6) is -0.188. The summed E-state index contributed by atoms with van der Waals surface area (Å²) in [5.41, 5.74) is 0. The SMILES string of the molecule is O=S1(=O)COCCN1. The fourth-order valence-electron chi connectivity index (χ4n) is 0.480. The highest BCUT2D eigenvalue weighted by atomic mass is 32.2. The highest BCUT2D eigenvalue weighted by Crippen LogP contribution is 1.90.